The van der Waals surface area contributed by atoms with Crippen LogP contribution in [-0.2, 0) is 20.7 Å². The number of phenolic OH excluding ortho intramolecular Hbond substituents is 1. The van der Waals surface area contributed by atoms with Gasteiger partial charge in [-0.25, -0.2) is 4.79 Å². The van der Waals surface area contributed by atoms with Crippen LogP contribution in [0.2, 0.25) is 0 Å². The number of ether oxygens (including phenoxy) is 1. The third kappa shape index (κ3) is 5.33. The molecule has 0 saturated carbocycles. The molecule has 21 heavy (non-hydrogen) atoms. The summed E-state index contributed by atoms with van der Waals surface area (Å²) >= 11 is 0. The van der Waals surface area contributed by atoms with Crippen molar-refractivity contribution in [2.75, 3.05) is 7.11 Å². The lowest BCUT2D eigenvalue weighted by molar-refractivity contribution is -0.175. The Morgan fingerprint density at radius 2 is 1.86 bits per heavy atom. The number of amides is 1. The monoisotopic (exact) mass is 305 g/mol. The van der Waals surface area contributed by atoms with E-state index >= 15 is 0 Å². The number of benzene rings is 1. The first kappa shape index (κ1) is 16.8. The number of carbonyl (C=O) groups is 2. The summed E-state index contributed by atoms with van der Waals surface area (Å²) in [5.41, 5.74) is 0.697. The van der Waals surface area contributed by atoms with Gasteiger partial charge in [-0.3, -0.25) is 4.79 Å². The van der Waals surface area contributed by atoms with Crippen LogP contribution in [0.4, 0.5) is 13.2 Å². The first-order valence-electron chi connectivity index (χ1n) is 5.97. The standard InChI is InChI=1S/C13H14F3NO4/c1-21-11(19)10(17-12(20)13(14,15)16)7-4-8-2-5-9(18)6-3-8/h2-3,5-6,10,18H,4,7H2,1H3,(H,17,20)/t10-/m0/s1. The Morgan fingerprint density at radius 1 is 1.29 bits per heavy atom. The number of carbonyl (C=O) groups excluding carboxylic acids is 2. The molecule has 1 atom stereocenters. The van der Waals surface area contributed by atoms with Crippen molar-refractivity contribution in [2.45, 2.75) is 25.1 Å². The summed E-state index contributed by atoms with van der Waals surface area (Å²) in [7, 11) is 1.02. The number of rotatable bonds is 5. The number of phenols is 1. The van der Waals surface area contributed by atoms with E-state index in [2.05, 4.69) is 4.74 Å². The van der Waals surface area contributed by atoms with Crippen molar-refractivity contribution in [3.8, 4) is 5.75 Å². The number of hydrogen-bond acceptors (Lipinski definition) is 4. The van der Waals surface area contributed by atoms with E-state index in [1.165, 1.54) is 12.1 Å². The van der Waals surface area contributed by atoms with Crippen molar-refractivity contribution >= 4 is 11.9 Å². The summed E-state index contributed by atoms with van der Waals surface area (Å²) in [6.45, 7) is 0. The minimum atomic E-state index is -5.06. The summed E-state index contributed by atoms with van der Waals surface area (Å²) < 4.78 is 41.0. The zero-order chi connectivity index (χ0) is 16.0. The summed E-state index contributed by atoms with van der Waals surface area (Å²) in [6.07, 6.45) is -4.89. The molecule has 0 spiro atoms. The van der Waals surface area contributed by atoms with E-state index in [-0.39, 0.29) is 18.6 Å². The molecule has 0 aliphatic carbocycles. The molecule has 116 valence electrons. The van der Waals surface area contributed by atoms with Crippen LogP contribution >= 0.6 is 0 Å². The van der Waals surface area contributed by atoms with Crippen LogP contribution in [-0.4, -0.2) is 36.3 Å². The Balaban J connectivity index is 2.68. The highest BCUT2D eigenvalue weighted by atomic mass is 19.4. The predicted octanol–water partition coefficient (Wildman–Crippen LogP) is 1.54. The van der Waals surface area contributed by atoms with Gasteiger partial charge in [-0.1, -0.05) is 12.1 Å². The smallest absolute Gasteiger partial charge is 0.471 e. The van der Waals surface area contributed by atoms with E-state index in [9.17, 15) is 22.8 Å². The highest BCUT2D eigenvalue weighted by Crippen LogP contribution is 2.16. The number of halogens is 3. The van der Waals surface area contributed by atoms with Crippen LogP contribution in [0.3, 0.4) is 0 Å². The molecular formula is C13H14F3NO4. The van der Waals surface area contributed by atoms with Gasteiger partial charge in [0, 0.05) is 0 Å². The fraction of sp³-hybridized carbons (Fsp3) is 0.385. The highest BCUT2D eigenvalue weighted by Gasteiger charge is 2.40. The second kappa shape index (κ2) is 6.96. The summed E-state index contributed by atoms with van der Waals surface area (Å²) in [5.74, 6) is -3.09. The van der Waals surface area contributed by atoms with Crippen molar-refractivity contribution in [1.29, 1.82) is 0 Å². The molecular weight excluding hydrogens is 291 g/mol. The zero-order valence-corrected chi connectivity index (χ0v) is 11.1. The molecule has 0 fully saturated rings. The molecule has 0 aliphatic heterocycles. The van der Waals surface area contributed by atoms with Gasteiger partial charge in [-0.05, 0) is 30.5 Å². The fourth-order valence-corrected chi connectivity index (χ4v) is 1.60. The lowest BCUT2D eigenvalue weighted by Gasteiger charge is -2.17. The van der Waals surface area contributed by atoms with Crippen LogP contribution in [0.1, 0.15) is 12.0 Å². The minimum Gasteiger partial charge on any atom is -0.508 e. The number of esters is 1. The van der Waals surface area contributed by atoms with Gasteiger partial charge >= 0.3 is 18.1 Å². The van der Waals surface area contributed by atoms with Crippen LogP contribution in [0.25, 0.3) is 0 Å². The number of nitrogens with one attached hydrogen (secondary N) is 1. The molecule has 0 radical (unpaired) electrons. The minimum absolute atomic E-state index is 0.0497. The molecule has 0 unspecified atom stereocenters. The highest BCUT2D eigenvalue weighted by molar-refractivity contribution is 5.87. The van der Waals surface area contributed by atoms with E-state index in [0.29, 0.717) is 5.56 Å². The molecule has 8 heteroatoms. The maximum atomic E-state index is 12.2. The molecule has 1 aromatic rings. The summed E-state index contributed by atoms with van der Waals surface area (Å²) in [4.78, 5) is 22.3. The van der Waals surface area contributed by atoms with Crippen molar-refractivity contribution in [1.82, 2.24) is 5.32 Å². The number of methoxy groups -OCH3 is 1. The molecule has 0 bridgehead atoms. The Kier molecular flexibility index (Phi) is 5.57. The van der Waals surface area contributed by atoms with Crippen LogP contribution in [0, 0.1) is 0 Å². The van der Waals surface area contributed by atoms with E-state index in [4.69, 9.17) is 5.11 Å². The number of alkyl halides is 3. The largest absolute Gasteiger partial charge is 0.508 e. The lowest BCUT2D eigenvalue weighted by atomic mass is 10.0. The normalized spacial score (nSPS) is 12.6. The molecule has 0 aromatic heterocycles. The van der Waals surface area contributed by atoms with Crippen molar-refractivity contribution in [3.63, 3.8) is 0 Å². The second-order valence-corrected chi connectivity index (χ2v) is 4.25. The Morgan fingerprint density at radius 3 is 2.33 bits per heavy atom. The average Bonchev–Trinajstić information content (AvgIpc) is 2.43. The van der Waals surface area contributed by atoms with Gasteiger partial charge in [0.15, 0.2) is 0 Å². The van der Waals surface area contributed by atoms with Crippen molar-refractivity contribution in [2.24, 2.45) is 0 Å². The van der Waals surface area contributed by atoms with Gasteiger partial charge in [0.1, 0.15) is 11.8 Å². The second-order valence-electron chi connectivity index (χ2n) is 4.25. The Labute approximate surface area is 118 Å². The molecule has 1 aromatic carbocycles. The van der Waals surface area contributed by atoms with Crippen molar-refractivity contribution < 1.29 is 32.6 Å². The molecule has 5 nitrogen and oxygen atoms in total. The van der Waals surface area contributed by atoms with E-state index in [1.54, 1.807) is 17.4 Å². The fourth-order valence-electron chi connectivity index (χ4n) is 1.60. The van der Waals surface area contributed by atoms with Crippen LogP contribution < -0.4 is 5.32 Å². The first-order valence-corrected chi connectivity index (χ1v) is 5.97. The molecule has 0 saturated heterocycles. The quantitative estimate of drug-likeness (QED) is 0.809. The van der Waals surface area contributed by atoms with E-state index < -0.39 is 24.1 Å². The molecule has 1 amide bonds. The maximum Gasteiger partial charge on any atom is 0.471 e. The van der Waals surface area contributed by atoms with Crippen LogP contribution in [0.15, 0.2) is 24.3 Å². The first-order chi connectivity index (χ1) is 9.74. The van der Waals surface area contributed by atoms with Gasteiger partial charge in [0.2, 0.25) is 0 Å². The summed E-state index contributed by atoms with van der Waals surface area (Å²) in [6, 6.07) is 4.57. The van der Waals surface area contributed by atoms with Crippen LogP contribution in [0.5, 0.6) is 5.75 Å². The average molecular weight is 305 g/mol. The topological polar surface area (TPSA) is 75.6 Å². The number of aromatic hydroxyl groups is 1. The maximum absolute atomic E-state index is 12.2. The molecule has 2 N–H and O–H groups in total. The van der Waals surface area contributed by atoms with Crippen molar-refractivity contribution in [3.05, 3.63) is 29.8 Å². The van der Waals surface area contributed by atoms with E-state index in [0.717, 1.165) is 7.11 Å². The zero-order valence-electron chi connectivity index (χ0n) is 11.1. The van der Waals surface area contributed by atoms with Gasteiger partial charge in [0.25, 0.3) is 0 Å². The molecule has 1 rings (SSSR count). The van der Waals surface area contributed by atoms with Gasteiger partial charge < -0.3 is 15.2 Å². The van der Waals surface area contributed by atoms with E-state index in [1.807, 2.05) is 0 Å². The van der Waals surface area contributed by atoms with Gasteiger partial charge in [0.05, 0.1) is 7.11 Å². The number of aryl methyl sites for hydroxylation is 1. The Hall–Kier alpha value is -2.25. The molecule has 0 heterocycles. The third-order valence-corrected chi connectivity index (χ3v) is 2.71. The van der Waals surface area contributed by atoms with Gasteiger partial charge in [-0.2, -0.15) is 13.2 Å². The number of hydrogen-bond donors (Lipinski definition) is 2. The summed E-state index contributed by atoms with van der Waals surface area (Å²) in [5, 5.41) is 10.7. The lowest BCUT2D eigenvalue weighted by Crippen LogP contribution is -2.47. The SMILES string of the molecule is COC(=O)[C@H](CCc1ccc(O)cc1)NC(=O)C(F)(F)F. The molecule has 0 aliphatic rings. The predicted molar refractivity (Wildman–Crippen MR) is 66.4 cm³/mol. The third-order valence-electron chi connectivity index (χ3n) is 2.71. The Bertz CT molecular complexity index is 499. The van der Waals surface area contributed by atoms with Gasteiger partial charge in [-0.15, -0.1) is 0 Å².